The molecule has 1 aromatic heterocycles. The summed E-state index contributed by atoms with van der Waals surface area (Å²) in [6.07, 6.45) is 0. The van der Waals surface area contributed by atoms with E-state index in [9.17, 15) is 0 Å². The Morgan fingerprint density at radius 1 is 0.267 bits per heavy atom. The topological polar surface area (TPSA) is 25.8 Å². The Hall–Kier alpha value is -7.16. The van der Waals surface area contributed by atoms with Gasteiger partial charge in [-0.25, -0.2) is 9.97 Å². The van der Waals surface area contributed by atoms with E-state index in [2.05, 4.69) is 210 Å². The van der Waals surface area contributed by atoms with Crippen molar-refractivity contribution in [2.75, 3.05) is 0 Å². The Morgan fingerprint density at radius 2 is 0.650 bits per heavy atom. The lowest BCUT2D eigenvalue weighted by Gasteiger charge is -2.24. The predicted octanol–water partition coefficient (Wildman–Crippen LogP) is 15.1. The van der Waals surface area contributed by atoms with Crippen molar-refractivity contribution in [3.05, 3.63) is 216 Å². The summed E-state index contributed by atoms with van der Waals surface area (Å²) in [7, 11) is 0. The molecule has 0 radical (unpaired) electrons. The van der Waals surface area contributed by atoms with Gasteiger partial charge in [-0.2, -0.15) is 0 Å². The second-order valence-electron chi connectivity index (χ2n) is 17.3. The van der Waals surface area contributed by atoms with Crippen LogP contribution in [-0.2, 0) is 10.8 Å². The maximum absolute atomic E-state index is 5.53. The van der Waals surface area contributed by atoms with Crippen molar-refractivity contribution in [3.63, 3.8) is 0 Å². The van der Waals surface area contributed by atoms with E-state index >= 15 is 0 Å². The van der Waals surface area contributed by atoms with Gasteiger partial charge in [0.1, 0.15) is 0 Å². The fraction of sp³-hybridized carbons (Fsp3) is 0.103. The van der Waals surface area contributed by atoms with Crippen LogP contribution < -0.4 is 0 Å². The molecule has 1 heterocycles. The third kappa shape index (κ3) is 5.62. The largest absolute Gasteiger partial charge is 0.243 e. The molecule has 0 N–H and O–H groups in total. The van der Waals surface area contributed by atoms with Crippen LogP contribution in [0.5, 0.6) is 0 Å². The first kappa shape index (κ1) is 36.0. The van der Waals surface area contributed by atoms with Gasteiger partial charge in [-0.1, -0.05) is 198 Å². The predicted molar refractivity (Wildman–Crippen MR) is 250 cm³/mol. The molecule has 8 aromatic carbocycles. The number of rotatable bonds is 6. The number of benzene rings is 8. The molecule has 2 aliphatic rings. The minimum Gasteiger partial charge on any atom is -0.243 e. The molecule has 0 saturated heterocycles. The Morgan fingerprint density at radius 3 is 1.25 bits per heavy atom. The van der Waals surface area contributed by atoms with Gasteiger partial charge in [0.15, 0.2) is 0 Å². The summed E-state index contributed by atoms with van der Waals surface area (Å²) in [5.74, 6) is 0. The molecule has 2 aliphatic carbocycles. The van der Waals surface area contributed by atoms with Crippen LogP contribution in [0.25, 0.3) is 89.5 Å². The van der Waals surface area contributed by atoms with Crippen molar-refractivity contribution in [2.24, 2.45) is 0 Å². The molecule has 286 valence electrons. The third-order valence-electron chi connectivity index (χ3n) is 13.1. The number of aromatic nitrogens is 2. The summed E-state index contributed by atoms with van der Waals surface area (Å²) in [5.41, 5.74) is 23.2. The van der Waals surface area contributed by atoms with Crippen LogP contribution in [-0.4, -0.2) is 9.97 Å². The molecule has 0 aliphatic heterocycles. The zero-order valence-electron chi connectivity index (χ0n) is 34.4. The molecule has 11 rings (SSSR count). The normalized spacial score (nSPS) is 13.9. The van der Waals surface area contributed by atoms with Crippen molar-refractivity contribution in [1.29, 1.82) is 0 Å². The Kier molecular flexibility index (Phi) is 8.22. The highest BCUT2D eigenvalue weighted by molar-refractivity contribution is 5.97. The van der Waals surface area contributed by atoms with Gasteiger partial charge < -0.3 is 0 Å². The molecular weight excluding hydrogens is 725 g/mol. The van der Waals surface area contributed by atoms with E-state index in [0.29, 0.717) is 0 Å². The van der Waals surface area contributed by atoms with E-state index in [0.717, 1.165) is 56.2 Å². The molecule has 0 bridgehead atoms. The van der Waals surface area contributed by atoms with E-state index in [1.807, 2.05) is 12.1 Å². The lowest BCUT2D eigenvalue weighted by molar-refractivity contribution is 0.652. The van der Waals surface area contributed by atoms with Gasteiger partial charge in [-0.3, -0.25) is 0 Å². The van der Waals surface area contributed by atoms with Crippen LogP contribution >= 0.6 is 0 Å². The van der Waals surface area contributed by atoms with E-state index in [-0.39, 0.29) is 10.8 Å². The maximum atomic E-state index is 5.53. The first-order valence-electron chi connectivity index (χ1n) is 21.0. The monoisotopic (exact) mass is 768 g/mol. The summed E-state index contributed by atoms with van der Waals surface area (Å²) in [6, 6.07) is 70.1. The highest BCUT2D eigenvalue weighted by Gasteiger charge is 2.42. The van der Waals surface area contributed by atoms with Crippen LogP contribution in [0.2, 0.25) is 0 Å². The van der Waals surface area contributed by atoms with Gasteiger partial charge in [0, 0.05) is 33.1 Å². The van der Waals surface area contributed by atoms with Crippen molar-refractivity contribution < 1.29 is 0 Å². The molecule has 0 spiro atoms. The molecule has 2 nitrogen and oxygen atoms in total. The van der Waals surface area contributed by atoms with Gasteiger partial charge in [0.25, 0.3) is 0 Å². The van der Waals surface area contributed by atoms with Crippen LogP contribution in [0.1, 0.15) is 49.9 Å². The molecule has 0 unspecified atom stereocenters. The Labute approximate surface area is 353 Å². The van der Waals surface area contributed by atoms with Gasteiger partial charge >= 0.3 is 0 Å². The highest BCUT2D eigenvalue weighted by Crippen LogP contribution is 2.57. The van der Waals surface area contributed by atoms with Gasteiger partial charge in [-0.15, -0.1) is 0 Å². The zero-order valence-corrected chi connectivity index (χ0v) is 34.4. The molecule has 9 aromatic rings. The highest BCUT2D eigenvalue weighted by atomic mass is 14.9. The molecule has 0 atom stereocenters. The first-order chi connectivity index (χ1) is 29.3. The second kappa shape index (κ2) is 13.7. The fourth-order valence-corrected chi connectivity index (χ4v) is 9.96. The van der Waals surface area contributed by atoms with Crippen LogP contribution in [0, 0.1) is 0 Å². The molecule has 0 amide bonds. The van der Waals surface area contributed by atoms with Gasteiger partial charge in [0.05, 0.1) is 22.8 Å². The summed E-state index contributed by atoms with van der Waals surface area (Å²) in [4.78, 5) is 11.0. The average molecular weight is 769 g/mol. The second-order valence-corrected chi connectivity index (χ2v) is 17.3. The molecule has 60 heavy (non-hydrogen) atoms. The van der Waals surface area contributed by atoms with Crippen molar-refractivity contribution in [2.45, 2.75) is 38.5 Å². The van der Waals surface area contributed by atoms with E-state index < -0.39 is 0 Å². The average Bonchev–Trinajstić information content (AvgIpc) is 3.67. The lowest BCUT2D eigenvalue weighted by Crippen LogP contribution is -2.16. The Bertz CT molecular complexity index is 3120. The van der Waals surface area contributed by atoms with Gasteiger partial charge in [-0.05, 0) is 91.0 Å². The molecule has 2 heteroatoms. The number of fused-ring (bicyclic) bond motifs is 6. The lowest BCUT2D eigenvalue weighted by atomic mass is 9.79. The van der Waals surface area contributed by atoms with Crippen LogP contribution in [0.4, 0.5) is 0 Å². The summed E-state index contributed by atoms with van der Waals surface area (Å²) in [6.45, 7) is 9.54. The summed E-state index contributed by atoms with van der Waals surface area (Å²) < 4.78 is 0. The van der Waals surface area contributed by atoms with Crippen LogP contribution in [0.3, 0.4) is 0 Å². The summed E-state index contributed by atoms with van der Waals surface area (Å²) in [5, 5.41) is 0. The molecule has 0 saturated carbocycles. The van der Waals surface area contributed by atoms with Crippen molar-refractivity contribution in [1.82, 2.24) is 9.97 Å². The minimum absolute atomic E-state index is 0.0673. The summed E-state index contributed by atoms with van der Waals surface area (Å²) >= 11 is 0. The maximum Gasteiger partial charge on any atom is 0.0973 e. The standard InChI is InChI=1S/C58H44N2/c1-57(2)48-31-15-14-29-45(48)46-35-51-47(36-50(46)57)52-44(30-18-32-49(52)58(51,3)4)42-27-16-25-40(33-42)41-26-17-28-43(34-41)56-55(39-23-12-7-13-24-39)59-53(37-19-8-5-9-20-37)54(60-56)38-21-10-6-11-22-38/h5-36H,1-4H3. The Balaban J connectivity index is 1.05. The number of nitrogens with zero attached hydrogens (tertiary/aromatic N) is 2. The van der Waals surface area contributed by atoms with Gasteiger partial charge in [0.2, 0.25) is 0 Å². The van der Waals surface area contributed by atoms with Crippen molar-refractivity contribution >= 4 is 0 Å². The fourth-order valence-electron chi connectivity index (χ4n) is 9.96. The smallest absolute Gasteiger partial charge is 0.0973 e. The minimum atomic E-state index is -0.129. The zero-order chi connectivity index (χ0) is 40.6. The number of hydrogen-bond donors (Lipinski definition) is 0. The van der Waals surface area contributed by atoms with Crippen LogP contribution in [0.15, 0.2) is 194 Å². The molecular formula is C58H44N2. The quantitative estimate of drug-likeness (QED) is 0.168. The van der Waals surface area contributed by atoms with E-state index in [1.165, 1.54) is 55.6 Å². The van der Waals surface area contributed by atoms with E-state index in [1.54, 1.807) is 0 Å². The first-order valence-corrected chi connectivity index (χ1v) is 21.0. The SMILES string of the molecule is CC1(C)c2ccccc2-c2cc3c(cc21)-c1c(-c2cccc(-c4cccc(-c5nc(-c6ccccc6)c(-c6ccccc6)nc5-c5ccccc5)c4)c2)cccc1C3(C)C. The molecule has 0 fully saturated rings. The number of hydrogen-bond acceptors (Lipinski definition) is 2. The third-order valence-corrected chi connectivity index (χ3v) is 13.1. The van der Waals surface area contributed by atoms with E-state index in [4.69, 9.17) is 9.97 Å². The van der Waals surface area contributed by atoms with Crippen molar-refractivity contribution in [3.8, 4) is 89.5 Å².